The molecule has 0 saturated carbocycles. The molecule has 0 unspecified atom stereocenters. The molecule has 17 heavy (non-hydrogen) atoms. The maximum absolute atomic E-state index is 5.16. The molecular weight excluding hydrogens is 212 g/mol. The van der Waals surface area contributed by atoms with Crippen molar-refractivity contribution >= 4 is 12.2 Å². The SMILES string of the molecule is CCCCCc1ccc(C=NN=C(N)N)cc1. The highest BCUT2D eigenvalue weighted by Crippen LogP contribution is 2.07. The van der Waals surface area contributed by atoms with E-state index in [4.69, 9.17) is 11.5 Å². The fourth-order valence-corrected chi connectivity index (χ4v) is 1.51. The van der Waals surface area contributed by atoms with Gasteiger partial charge in [-0.2, -0.15) is 5.10 Å². The first-order valence-corrected chi connectivity index (χ1v) is 5.93. The first kappa shape index (κ1) is 13.2. The molecule has 0 atom stereocenters. The Morgan fingerprint density at radius 3 is 2.47 bits per heavy atom. The molecule has 0 amide bonds. The molecule has 0 aliphatic heterocycles. The summed E-state index contributed by atoms with van der Waals surface area (Å²) in [6.45, 7) is 2.21. The maximum Gasteiger partial charge on any atom is 0.211 e. The Kier molecular flexibility index (Phi) is 5.79. The van der Waals surface area contributed by atoms with Gasteiger partial charge in [-0.1, -0.05) is 44.0 Å². The number of nitrogens with zero attached hydrogens (tertiary/aromatic N) is 2. The predicted octanol–water partition coefficient (Wildman–Crippen LogP) is 2.03. The highest BCUT2D eigenvalue weighted by molar-refractivity contribution is 5.81. The van der Waals surface area contributed by atoms with E-state index in [1.807, 2.05) is 12.1 Å². The van der Waals surface area contributed by atoms with Crippen LogP contribution in [0.4, 0.5) is 0 Å². The number of hydrogen-bond acceptors (Lipinski definition) is 2. The van der Waals surface area contributed by atoms with Crippen molar-refractivity contribution in [2.24, 2.45) is 21.7 Å². The Bertz CT molecular complexity index is 375. The quantitative estimate of drug-likeness (QED) is 0.341. The van der Waals surface area contributed by atoms with Crippen molar-refractivity contribution in [1.29, 1.82) is 0 Å². The van der Waals surface area contributed by atoms with Gasteiger partial charge in [0.25, 0.3) is 0 Å². The molecule has 4 heteroatoms. The number of rotatable bonds is 6. The van der Waals surface area contributed by atoms with Gasteiger partial charge < -0.3 is 11.5 Å². The fraction of sp³-hybridized carbons (Fsp3) is 0.385. The van der Waals surface area contributed by atoms with E-state index in [-0.39, 0.29) is 5.96 Å². The van der Waals surface area contributed by atoms with Crippen molar-refractivity contribution in [2.45, 2.75) is 32.6 Å². The van der Waals surface area contributed by atoms with Gasteiger partial charge in [0, 0.05) is 0 Å². The molecule has 0 spiro atoms. The summed E-state index contributed by atoms with van der Waals surface area (Å²) in [5.74, 6) is -0.0302. The van der Waals surface area contributed by atoms with Crippen LogP contribution >= 0.6 is 0 Å². The molecule has 0 bridgehead atoms. The fourth-order valence-electron chi connectivity index (χ4n) is 1.51. The van der Waals surface area contributed by atoms with Crippen molar-refractivity contribution in [3.8, 4) is 0 Å². The Hall–Kier alpha value is -1.84. The van der Waals surface area contributed by atoms with Gasteiger partial charge in [0.05, 0.1) is 6.21 Å². The van der Waals surface area contributed by atoms with Crippen LogP contribution in [0.2, 0.25) is 0 Å². The average molecular weight is 232 g/mol. The molecule has 0 aliphatic rings. The van der Waals surface area contributed by atoms with Gasteiger partial charge in [-0.25, -0.2) is 0 Å². The van der Waals surface area contributed by atoms with E-state index in [0.29, 0.717) is 0 Å². The number of guanidine groups is 1. The van der Waals surface area contributed by atoms with Crippen molar-refractivity contribution in [1.82, 2.24) is 0 Å². The third kappa shape index (κ3) is 5.70. The summed E-state index contributed by atoms with van der Waals surface area (Å²) in [7, 11) is 0. The summed E-state index contributed by atoms with van der Waals surface area (Å²) < 4.78 is 0. The van der Waals surface area contributed by atoms with E-state index in [0.717, 1.165) is 12.0 Å². The van der Waals surface area contributed by atoms with Crippen molar-refractivity contribution in [3.05, 3.63) is 35.4 Å². The Morgan fingerprint density at radius 1 is 1.18 bits per heavy atom. The van der Waals surface area contributed by atoms with Gasteiger partial charge in [0.15, 0.2) is 0 Å². The van der Waals surface area contributed by atoms with E-state index in [1.54, 1.807) is 6.21 Å². The molecule has 4 nitrogen and oxygen atoms in total. The van der Waals surface area contributed by atoms with Gasteiger partial charge >= 0.3 is 0 Å². The molecule has 0 saturated heterocycles. The van der Waals surface area contributed by atoms with Crippen LogP contribution < -0.4 is 11.5 Å². The third-order valence-corrected chi connectivity index (χ3v) is 2.43. The highest BCUT2D eigenvalue weighted by atomic mass is 15.3. The molecule has 4 N–H and O–H groups in total. The molecule has 1 aromatic rings. The van der Waals surface area contributed by atoms with Crippen LogP contribution in [-0.4, -0.2) is 12.2 Å². The van der Waals surface area contributed by atoms with Gasteiger partial charge in [-0.3, -0.25) is 0 Å². The third-order valence-electron chi connectivity index (χ3n) is 2.43. The van der Waals surface area contributed by atoms with E-state index in [1.165, 1.54) is 24.8 Å². The molecule has 0 radical (unpaired) electrons. The van der Waals surface area contributed by atoms with Gasteiger partial charge in [-0.05, 0) is 24.0 Å². The zero-order valence-electron chi connectivity index (χ0n) is 10.3. The van der Waals surface area contributed by atoms with Gasteiger partial charge in [0.1, 0.15) is 0 Å². The second kappa shape index (κ2) is 7.44. The van der Waals surface area contributed by atoms with Crippen molar-refractivity contribution < 1.29 is 0 Å². The topological polar surface area (TPSA) is 76.8 Å². The standard InChI is InChI=1S/C13H20N4/c1-2-3-4-5-11-6-8-12(9-7-11)10-16-17-13(14)15/h6-10H,2-5H2,1H3,(H4,14,15,17). The van der Waals surface area contributed by atoms with Crippen molar-refractivity contribution in [2.75, 3.05) is 0 Å². The minimum atomic E-state index is -0.0302. The van der Waals surface area contributed by atoms with E-state index >= 15 is 0 Å². The number of benzene rings is 1. The molecule has 92 valence electrons. The van der Waals surface area contributed by atoms with Crippen LogP contribution in [0.25, 0.3) is 0 Å². The monoisotopic (exact) mass is 232 g/mol. The molecule has 0 aromatic heterocycles. The van der Waals surface area contributed by atoms with Gasteiger partial charge in [-0.15, -0.1) is 5.10 Å². The number of aryl methyl sites for hydroxylation is 1. The smallest absolute Gasteiger partial charge is 0.211 e. The first-order chi connectivity index (χ1) is 8.22. The number of nitrogens with two attached hydrogens (primary N) is 2. The van der Waals surface area contributed by atoms with Crippen LogP contribution in [0.5, 0.6) is 0 Å². The molecule has 0 aliphatic carbocycles. The molecule has 1 rings (SSSR count). The van der Waals surface area contributed by atoms with E-state index < -0.39 is 0 Å². The van der Waals surface area contributed by atoms with Crippen molar-refractivity contribution in [3.63, 3.8) is 0 Å². The molecule has 1 aromatic carbocycles. The van der Waals surface area contributed by atoms with E-state index in [2.05, 4.69) is 29.3 Å². The summed E-state index contributed by atoms with van der Waals surface area (Å²) in [5, 5.41) is 7.30. The van der Waals surface area contributed by atoms with E-state index in [9.17, 15) is 0 Å². The minimum Gasteiger partial charge on any atom is -0.369 e. The van der Waals surface area contributed by atoms with Crippen LogP contribution in [0.15, 0.2) is 34.5 Å². The lowest BCUT2D eigenvalue weighted by Gasteiger charge is -2.00. The summed E-state index contributed by atoms with van der Waals surface area (Å²) in [4.78, 5) is 0. The first-order valence-electron chi connectivity index (χ1n) is 5.93. The largest absolute Gasteiger partial charge is 0.369 e. The van der Waals surface area contributed by atoms with Gasteiger partial charge in [0.2, 0.25) is 5.96 Å². The maximum atomic E-state index is 5.16. The zero-order chi connectivity index (χ0) is 12.5. The Morgan fingerprint density at radius 2 is 1.88 bits per heavy atom. The second-order valence-electron chi connectivity index (χ2n) is 3.97. The summed E-state index contributed by atoms with van der Waals surface area (Å²) in [5.41, 5.74) is 12.7. The normalized spacial score (nSPS) is 10.6. The molecule has 0 fully saturated rings. The van der Waals surface area contributed by atoms with Crippen LogP contribution in [0.3, 0.4) is 0 Å². The molecule has 0 heterocycles. The summed E-state index contributed by atoms with van der Waals surface area (Å²) in [6.07, 6.45) is 6.56. The zero-order valence-corrected chi connectivity index (χ0v) is 10.3. The minimum absolute atomic E-state index is 0.0302. The summed E-state index contributed by atoms with van der Waals surface area (Å²) in [6, 6.07) is 8.28. The Labute approximate surface area is 102 Å². The van der Waals surface area contributed by atoms with Crippen LogP contribution in [0, 0.1) is 0 Å². The lowest BCUT2D eigenvalue weighted by molar-refractivity contribution is 0.717. The lowest BCUT2D eigenvalue weighted by atomic mass is 10.1. The van der Waals surface area contributed by atoms with Crippen LogP contribution in [0.1, 0.15) is 37.3 Å². The average Bonchev–Trinajstić information content (AvgIpc) is 2.31. The second-order valence-corrected chi connectivity index (χ2v) is 3.97. The highest BCUT2D eigenvalue weighted by Gasteiger charge is 1.93. The lowest BCUT2D eigenvalue weighted by Crippen LogP contribution is -2.21. The number of hydrogen-bond donors (Lipinski definition) is 2. The Balaban J connectivity index is 2.50. The summed E-state index contributed by atoms with van der Waals surface area (Å²) >= 11 is 0. The molecular formula is C13H20N4. The predicted molar refractivity (Wildman–Crippen MR) is 73.1 cm³/mol. The number of unbranched alkanes of at least 4 members (excludes halogenated alkanes) is 2. The van der Waals surface area contributed by atoms with Crippen LogP contribution in [-0.2, 0) is 6.42 Å².